The van der Waals surface area contributed by atoms with E-state index < -0.39 is 0 Å². The molecule has 0 aliphatic carbocycles. The monoisotopic (exact) mass is 175 g/mol. The van der Waals surface area contributed by atoms with Crippen molar-refractivity contribution in [3.05, 3.63) is 23.8 Å². The number of nitrogens with two attached hydrogens (primary N) is 1. The maximum absolute atomic E-state index is 5.73. The summed E-state index contributed by atoms with van der Waals surface area (Å²) >= 11 is 0. The van der Waals surface area contributed by atoms with Crippen molar-refractivity contribution in [1.29, 1.82) is 0 Å². The summed E-state index contributed by atoms with van der Waals surface area (Å²) in [5.41, 5.74) is 9.12. The highest BCUT2D eigenvalue weighted by molar-refractivity contribution is 5.81. The molecule has 68 valence electrons. The van der Waals surface area contributed by atoms with Crippen LogP contribution in [0.3, 0.4) is 0 Å². The van der Waals surface area contributed by atoms with E-state index in [4.69, 9.17) is 5.73 Å². The zero-order valence-electron chi connectivity index (χ0n) is 7.91. The molecule has 0 amide bonds. The predicted molar refractivity (Wildman–Crippen MR) is 54.5 cm³/mol. The SMILES string of the molecule is CCc1cccc2c1nc(N)n2C. The fourth-order valence-corrected chi connectivity index (χ4v) is 1.58. The third-order valence-electron chi connectivity index (χ3n) is 2.41. The molecule has 1 aromatic heterocycles. The van der Waals surface area contributed by atoms with Gasteiger partial charge in [0.05, 0.1) is 11.0 Å². The first-order chi connectivity index (χ1) is 6.24. The average Bonchev–Trinajstić information content (AvgIpc) is 2.43. The Morgan fingerprint density at radius 2 is 2.23 bits per heavy atom. The molecule has 0 spiro atoms. The van der Waals surface area contributed by atoms with Gasteiger partial charge < -0.3 is 10.3 Å². The normalized spacial score (nSPS) is 10.9. The molecule has 0 unspecified atom stereocenters. The highest BCUT2D eigenvalue weighted by Gasteiger charge is 2.06. The van der Waals surface area contributed by atoms with Crippen LogP contribution in [-0.2, 0) is 13.5 Å². The van der Waals surface area contributed by atoms with E-state index in [1.807, 2.05) is 23.7 Å². The summed E-state index contributed by atoms with van der Waals surface area (Å²) in [5, 5.41) is 0. The number of nitrogen functional groups attached to an aromatic ring is 1. The van der Waals surface area contributed by atoms with Gasteiger partial charge in [0.1, 0.15) is 0 Å². The topological polar surface area (TPSA) is 43.8 Å². The summed E-state index contributed by atoms with van der Waals surface area (Å²) in [6.45, 7) is 2.12. The third kappa shape index (κ3) is 1.08. The average molecular weight is 175 g/mol. The molecule has 0 aliphatic heterocycles. The van der Waals surface area contributed by atoms with Gasteiger partial charge in [-0.25, -0.2) is 4.98 Å². The van der Waals surface area contributed by atoms with Crippen molar-refractivity contribution >= 4 is 17.0 Å². The first-order valence-corrected chi connectivity index (χ1v) is 4.43. The first-order valence-electron chi connectivity index (χ1n) is 4.43. The van der Waals surface area contributed by atoms with Gasteiger partial charge in [0.15, 0.2) is 0 Å². The van der Waals surface area contributed by atoms with Crippen LogP contribution in [-0.4, -0.2) is 9.55 Å². The van der Waals surface area contributed by atoms with E-state index in [2.05, 4.69) is 18.0 Å². The molecule has 2 rings (SSSR count). The summed E-state index contributed by atoms with van der Waals surface area (Å²) in [5.74, 6) is 0.580. The quantitative estimate of drug-likeness (QED) is 0.717. The van der Waals surface area contributed by atoms with Gasteiger partial charge in [0.25, 0.3) is 0 Å². The van der Waals surface area contributed by atoms with Crippen molar-refractivity contribution in [1.82, 2.24) is 9.55 Å². The molecule has 0 radical (unpaired) electrons. The second-order valence-electron chi connectivity index (χ2n) is 3.17. The van der Waals surface area contributed by atoms with Crippen LogP contribution in [0, 0.1) is 0 Å². The van der Waals surface area contributed by atoms with Crippen molar-refractivity contribution in [2.45, 2.75) is 13.3 Å². The summed E-state index contributed by atoms with van der Waals surface area (Å²) in [6.07, 6.45) is 0.994. The van der Waals surface area contributed by atoms with E-state index in [0.717, 1.165) is 17.5 Å². The standard InChI is InChI=1S/C10H13N3/c1-3-7-5-4-6-8-9(7)12-10(11)13(8)2/h4-6H,3H2,1-2H3,(H2,11,12). The summed E-state index contributed by atoms with van der Waals surface area (Å²) in [6, 6.07) is 6.18. The van der Waals surface area contributed by atoms with Crippen LogP contribution in [0.25, 0.3) is 11.0 Å². The molecule has 0 atom stereocenters. The Morgan fingerprint density at radius 1 is 1.46 bits per heavy atom. The minimum Gasteiger partial charge on any atom is -0.369 e. The van der Waals surface area contributed by atoms with Crippen molar-refractivity contribution in [3.8, 4) is 0 Å². The Bertz CT molecular complexity index is 443. The predicted octanol–water partition coefficient (Wildman–Crippen LogP) is 1.72. The smallest absolute Gasteiger partial charge is 0.200 e. The highest BCUT2D eigenvalue weighted by Crippen LogP contribution is 2.20. The molecule has 0 bridgehead atoms. The van der Waals surface area contributed by atoms with Crippen molar-refractivity contribution in [2.24, 2.45) is 7.05 Å². The van der Waals surface area contributed by atoms with Crippen LogP contribution >= 0.6 is 0 Å². The van der Waals surface area contributed by atoms with Gasteiger partial charge in [0, 0.05) is 7.05 Å². The van der Waals surface area contributed by atoms with Crippen molar-refractivity contribution in [3.63, 3.8) is 0 Å². The maximum Gasteiger partial charge on any atom is 0.200 e. The highest BCUT2D eigenvalue weighted by atomic mass is 15.1. The van der Waals surface area contributed by atoms with E-state index in [9.17, 15) is 0 Å². The minimum atomic E-state index is 0.580. The van der Waals surface area contributed by atoms with E-state index in [-0.39, 0.29) is 0 Å². The summed E-state index contributed by atoms with van der Waals surface area (Å²) in [4.78, 5) is 4.32. The lowest BCUT2D eigenvalue weighted by molar-refractivity contribution is 0.965. The molecule has 3 nitrogen and oxygen atoms in total. The van der Waals surface area contributed by atoms with Crippen LogP contribution in [0.5, 0.6) is 0 Å². The van der Waals surface area contributed by atoms with Gasteiger partial charge >= 0.3 is 0 Å². The number of anilines is 1. The fourth-order valence-electron chi connectivity index (χ4n) is 1.58. The molecule has 1 aromatic carbocycles. The van der Waals surface area contributed by atoms with Crippen molar-refractivity contribution < 1.29 is 0 Å². The Kier molecular flexibility index (Phi) is 1.72. The van der Waals surface area contributed by atoms with Gasteiger partial charge in [-0.15, -0.1) is 0 Å². The molecule has 1 heterocycles. The molecule has 0 fully saturated rings. The Morgan fingerprint density at radius 3 is 2.92 bits per heavy atom. The minimum absolute atomic E-state index is 0.580. The maximum atomic E-state index is 5.73. The van der Waals surface area contributed by atoms with Gasteiger partial charge in [-0.3, -0.25) is 0 Å². The number of hydrogen-bond donors (Lipinski definition) is 1. The third-order valence-corrected chi connectivity index (χ3v) is 2.41. The van der Waals surface area contributed by atoms with Gasteiger partial charge in [0.2, 0.25) is 5.95 Å². The molecule has 0 saturated heterocycles. The molecule has 0 aliphatic rings. The van der Waals surface area contributed by atoms with Gasteiger partial charge in [-0.1, -0.05) is 19.1 Å². The lowest BCUT2D eigenvalue weighted by Crippen LogP contribution is -1.95. The van der Waals surface area contributed by atoms with Crippen molar-refractivity contribution in [2.75, 3.05) is 5.73 Å². The summed E-state index contributed by atoms with van der Waals surface area (Å²) < 4.78 is 1.91. The zero-order chi connectivity index (χ0) is 9.42. The number of imidazole rings is 1. The van der Waals surface area contributed by atoms with Gasteiger partial charge in [-0.2, -0.15) is 0 Å². The van der Waals surface area contributed by atoms with Crippen LogP contribution < -0.4 is 5.73 Å². The molecule has 2 aromatic rings. The zero-order valence-corrected chi connectivity index (χ0v) is 7.91. The molecule has 3 heteroatoms. The van der Waals surface area contributed by atoms with Crippen LogP contribution in [0.2, 0.25) is 0 Å². The number of benzene rings is 1. The Balaban J connectivity index is 2.84. The molecular formula is C10H13N3. The number of aromatic nitrogens is 2. The van der Waals surface area contributed by atoms with E-state index in [1.165, 1.54) is 5.56 Å². The lowest BCUT2D eigenvalue weighted by Gasteiger charge is -1.98. The number of fused-ring (bicyclic) bond motifs is 1. The van der Waals surface area contributed by atoms with Gasteiger partial charge in [-0.05, 0) is 18.1 Å². The van der Waals surface area contributed by atoms with E-state index in [1.54, 1.807) is 0 Å². The fraction of sp³-hybridized carbons (Fsp3) is 0.300. The second kappa shape index (κ2) is 2.76. The van der Waals surface area contributed by atoms with E-state index in [0.29, 0.717) is 5.95 Å². The molecular weight excluding hydrogens is 162 g/mol. The van der Waals surface area contributed by atoms with E-state index >= 15 is 0 Å². The Labute approximate surface area is 77.2 Å². The molecule has 13 heavy (non-hydrogen) atoms. The largest absolute Gasteiger partial charge is 0.369 e. The van der Waals surface area contributed by atoms with Crippen LogP contribution in [0.15, 0.2) is 18.2 Å². The number of aryl methyl sites for hydroxylation is 2. The number of hydrogen-bond acceptors (Lipinski definition) is 2. The number of nitrogens with zero attached hydrogens (tertiary/aromatic N) is 2. The Hall–Kier alpha value is -1.51. The first kappa shape index (κ1) is 8.10. The second-order valence-corrected chi connectivity index (χ2v) is 3.17. The summed E-state index contributed by atoms with van der Waals surface area (Å²) in [7, 11) is 1.93. The lowest BCUT2D eigenvalue weighted by atomic mass is 10.1. The molecule has 2 N–H and O–H groups in total. The molecule has 0 saturated carbocycles. The number of rotatable bonds is 1. The van der Waals surface area contributed by atoms with Crippen LogP contribution in [0.4, 0.5) is 5.95 Å². The number of para-hydroxylation sites is 1. The van der Waals surface area contributed by atoms with Crippen LogP contribution in [0.1, 0.15) is 12.5 Å².